The minimum atomic E-state index is -1.24. The van der Waals surface area contributed by atoms with E-state index in [0.717, 1.165) is 29.5 Å². The molecule has 7 heteroatoms. The van der Waals surface area contributed by atoms with Gasteiger partial charge in [-0.25, -0.2) is 4.79 Å². The van der Waals surface area contributed by atoms with Crippen LogP contribution in [0.25, 0.3) is 0 Å². The fraction of sp³-hybridized carbons (Fsp3) is 0.450. The van der Waals surface area contributed by atoms with Crippen molar-refractivity contribution in [2.24, 2.45) is 5.41 Å². The highest BCUT2D eigenvalue weighted by atomic mass is 16.6. The Balaban J connectivity index is 1.59. The first-order chi connectivity index (χ1) is 22.6. The lowest BCUT2D eigenvalue weighted by Crippen LogP contribution is -2.53. The molecule has 0 spiro atoms. The van der Waals surface area contributed by atoms with Crippen molar-refractivity contribution >= 4 is 11.9 Å². The molecule has 1 fully saturated rings. The Bertz CT molecular complexity index is 1570. The Morgan fingerprint density at radius 2 is 1.74 bits per heavy atom. The van der Waals surface area contributed by atoms with E-state index in [1.165, 1.54) is 5.57 Å². The number of hydrogen-bond acceptors (Lipinski definition) is 6. The summed E-state index contributed by atoms with van der Waals surface area (Å²) in [6, 6.07) is 22.9. The first kappa shape index (κ1) is 34.4. The average Bonchev–Trinajstić information content (AvgIpc) is 3.32. The topological polar surface area (TPSA) is 96.3 Å². The van der Waals surface area contributed by atoms with E-state index in [2.05, 4.69) is 19.9 Å². The highest BCUT2D eigenvalue weighted by molar-refractivity contribution is 6.10. The van der Waals surface area contributed by atoms with Crippen LogP contribution in [-0.4, -0.2) is 59.0 Å². The number of nitrogens with zero attached hydrogens (tertiary/aromatic N) is 1. The predicted molar refractivity (Wildman–Crippen MR) is 184 cm³/mol. The predicted octanol–water partition coefficient (Wildman–Crippen LogP) is 7.62. The van der Waals surface area contributed by atoms with E-state index in [-0.39, 0.29) is 24.9 Å². The van der Waals surface area contributed by atoms with Crippen LogP contribution in [0, 0.1) is 5.41 Å². The number of fused-ring (bicyclic) bond motifs is 8. The number of carbonyl (C=O) groups excluding carboxylic acids is 2. The molecule has 1 saturated carbocycles. The summed E-state index contributed by atoms with van der Waals surface area (Å²) in [6.07, 6.45) is 5.62. The molecule has 6 rings (SSSR count). The molecule has 0 unspecified atom stereocenters. The van der Waals surface area contributed by atoms with Crippen LogP contribution in [-0.2, 0) is 17.7 Å². The summed E-state index contributed by atoms with van der Waals surface area (Å²) >= 11 is 0. The molecule has 3 aliphatic rings. The largest absolute Gasteiger partial charge is 0.497 e. The van der Waals surface area contributed by atoms with Crippen molar-refractivity contribution in [2.45, 2.75) is 89.9 Å². The maximum Gasteiger partial charge on any atom is 0.410 e. The van der Waals surface area contributed by atoms with Gasteiger partial charge in [-0.05, 0) is 112 Å². The SMILES string of the molecule is CCOC(=O)N(Cc1ccccc1)C[C@]1(O)CC[C@H]2c3ccc(cc3C(=O)c3ccc(OC)cc3)C[C@@H](O)CCC(C)=CCC[C@@]21C. The lowest BCUT2D eigenvalue weighted by Gasteiger charge is -2.46. The summed E-state index contributed by atoms with van der Waals surface area (Å²) < 4.78 is 10.8. The number of benzene rings is 3. The molecule has 3 aromatic rings. The van der Waals surface area contributed by atoms with Crippen LogP contribution in [0.5, 0.6) is 5.75 Å². The molecule has 0 aliphatic heterocycles. The molecule has 2 N–H and O–H groups in total. The Labute approximate surface area is 279 Å². The van der Waals surface area contributed by atoms with Gasteiger partial charge in [-0.1, -0.05) is 61.0 Å². The lowest BCUT2D eigenvalue weighted by atomic mass is 9.64. The van der Waals surface area contributed by atoms with Gasteiger partial charge in [0, 0.05) is 23.1 Å². The van der Waals surface area contributed by atoms with Crippen molar-refractivity contribution < 1.29 is 29.3 Å². The number of ketones is 1. The van der Waals surface area contributed by atoms with Gasteiger partial charge in [-0.3, -0.25) is 4.79 Å². The molecule has 0 aromatic heterocycles. The second-order valence-corrected chi connectivity index (χ2v) is 13.5. The van der Waals surface area contributed by atoms with Gasteiger partial charge in [-0.15, -0.1) is 0 Å². The summed E-state index contributed by atoms with van der Waals surface area (Å²) in [5.41, 5.74) is 3.20. The van der Waals surface area contributed by atoms with E-state index in [9.17, 15) is 19.8 Å². The Kier molecular flexibility index (Phi) is 10.9. The Morgan fingerprint density at radius 3 is 2.45 bits per heavy atom. The summed E-state index contributed by atoms with van der Waals surface area (Å²) in [5, 5.41) is 23.7. The van der Waals surface area contributed by atoms with E-state index in [1.54, 1.807) is 43.2 Å². The Morgan fingerprint density at radius 1 is 1.00 bits per heavy atom. The summed E-state index contributed by atoms with van der Waals surface area (Å²) in [7, 11) is 1.60. The van der Waals surface area contributed by atoms with Crippen LogP contribution in [0.1, 0.15) is 97.8 Å². The third-order valence-corrected chi connectivity index (χ3v) is 10.5. The molecule has 7 nitrogen and oxygen atoms in total. The number of aliphatic hydroxyl groups excluding tert-OH is 1. The number of allylic oxidation sites excluding steroid dienone is 2. The summed E-state index contributed by atoms with van der Waals surface area (Å²) in [4.78, 5) is 29.2. The van der Waals surface area contributed by atoms with Crippen LogP contribution in [0.2, 0.25) is 0 Å². The van der Waals surface area contributed by atoms with E-state index < -0.39 is 23.2 Å². The molecule has 3 aromatic carbocycles. The zero-order chi connectivity index (χ0) is 33.6. The van der Waals surface area contributed by atoms with Crippen LogP contribution in [0.15, 0.2) is 84.4 Å². The highest BCUT2D eigenvalue weighted by Gasteiger charge is 2.57. The molecule has 2 bridgehead atoms. The van der Waals surface area contributed by atoms with Crippen LogP contribution in [0.3, 0.4) is 0 Å². The van der Waals surface area contributed by atoms with Crippen molar-refractivity contribution in [2.75, 3.05) is 20.3 Å². The van der Waals surface area contributed by atoms with Gasteiger partial charge < -0.3 is 24.6 Å². The van der Waals surface area contributed by atoms with E-state index in [0.29, 0.717) is 55.5 Å². The number of hydrogen-bond donors (Lipinski definition) is 2. The molecule has 3 aliphatic carbocycles. The fourth-order valence-electron chi connectivity index (χ4n) is 7.61. The lowest BCUT2D eigenvalue weighted by molar-refractivity contribution is -0.0821. The van der Waals surface area contributed by atoms with Crippen LogP contribution >= 0.6 is 0 Å². The maximum atomic E-state index is 14.3. The standard InChI is InChI=1S/C40H49NO6/c1-5-47-38(44)41(26-29-11-7-6-8-12-29)27-40(45)23-21-36-34-20-14-30(24-32(42)17-13-28(2)10-9-22-39(36,40)3)25-35(34)37(43)31-15-18-33(46-4)19-16-31/h6-8,10-12,14-16,18-20,25,32,36,42,45H,5,9,13,17,21-24,26-27H2,1-4H3/t32-,36-,39-,40+/m0/s1. The third kappa shape index (κ3) is 7.63. The first-order valence-corrected chi connectivity index (χ1v) is 16.9. The molecular formula is C40H49NO6. The zero-order valence-electron chi connectivity index (χ0n) is 28.2. The van der Waals surface area contributed by atoms with Gasteiger partial charge in [0.15, 0.2) is 5.78 Å². The van der Waals surface area contributed by atoms with Crippen molar-refractivity contribution in [3.63, 3.8) is 0 Å². The number of ether oxygens (including phenoxy) is 2. The van der Waals surface area contributed by atoms with Crippen molar-refractivity contribution in [1.29, 1.82) is 0 Å². The van der Waals surface area contributed by atoms with Gasteiger partial charge in [0.2, 0.25) is 0 Å². The molecule has 1 amide bonds. The molecule has 4 atom stereocenters. The number of aliphatic hydroxyl groups is 2. The molecular weight excluding hydrogens is 590 g/mol. The summed E-state index contributed by atoms with van der Waals surface area (Å²) in [6.45, 7) is 6.69. The van der Waals surface area contributed by atoms with E-state index >= 15 is 0 Å². The fourth-order valence-corrected chi connectivity index (χ4v) is 7.61. The molecule has 250 valence electrons. The second kappa shape index (κ2) is 14.9. The number of methoxy groups -OCH3 is 1. The number of amides is 1. The average molecular weight is 640 g/mol. The van der Waals surface area contributed by atoms with Crippen LogP contribution < -0.4 is 4.74 Å². The maximum absolute atomic E-state index is 14.3. The molecule has 0 radical (unpaired) electrons. The number of rotatable bonds is 8. The molecule has 0 saturated heterocycles. The van der Waals surface area contributed by atoms with Gasteiger partial charge in [-0.2, -0.15) is 0 Å². The molecule has 0 heterocycles. The monoisotopic (exact) mass is 639 g/mol. The first-order valence-electron chi connectivity index (χ1n) is 16.9. The molecule has 47 heavy (non-hydrogen) atoms. The minimum absolute atomic E-state index is 0.100. The zero-order valence-corrected chi connectivity index (χ0v) is 28.2. The van der Waals surface area contributed by atoms with Crippen molar-refractivity contribution in [3.8, 4) is 5.75 Å². The Hall–Kier alpha value is -3.94. The number of carbonyl (C=O) groups is 2. The van der Waals surface area contributed by atoms with Gasteiger partial charge >= 0.3 is 6.09 Å². The third-order valence-electron chi connectivity index (χ3n) is 10.5. The smallest absolute Gasteiger partial charge is 0.410 e. The minimum Gasteiger partial charge on any atom is -0.497 e. The van der Waals surface area contributed by atoms with Gasteiger partial charge in [0.1, 0.15) is 5.75 Å². The van der Waals surface area contributed by atoms with Crippen LogP contribution in [0.4, 0.5) is 4.79 Å². The van der Waals surface area contributed by atoms with Crippen molar-refractivity contribution in [3.05, 3.63) is 112 Å². The van der Waals surface area contributed by atoms with E-state index in [1.807, 2.05) is 48.5 Å². The quantitative estimate of drug-likeness (QED) is 0.194. The summed E-state index contributed by atoms with van der Waals surface area (Å²) in [5.74, 6) is 0.421. The van der Waals surface area contributed by atoms with Gasteiger partial charge in [0.05, 0.1) is 32.0 Å². The van der Waals surface area contributed by atoms with E-state index in [4.69, 9.17) is 9.47 Å². The highest BCUT2D eigenvalue weighted by Crippen LogP contribution is 2.59. The second-order valence-electron chi connectivity index (χ2n) is 13.5. The van der Waals surface area contributed by atoms with Crippen molar-refractivity contribution in [1.82, 2.24) is 4.90 Å². The van der Waals surface area contributed by atoms with Gasteiger partial charge in [0.25, 0.3) is 0 Å². The normalized spacial score (nSPS) is 24.5.